The van der Waals surface area contributed by atoms with E-state index < -0.39 is 5.97 Å². The fraction of sp³-hybridized carbons (Fsp3) is 0.857. The summed E-state index contributed by atoms with van der Waals surface area (Å²) < 4.78 is 0. The molecule has 1 N–H and O–H groups in total. The summed E-state index contributed by atoms with van der Waals surface area (Å²) in [6.45, 7) is 1.96. The minimum atomic E-state index is -0.700. The molecule has 0 spiro atoms. The molecular weight excluding hydrogens is 180 g/mol. The first kappa shape index (κ1) is 11.2. The van der Waals surface area contributed by atoms with Crippen molar-refractivity contribution in [1.29, 1.82) is 0 Å². The van der Waals surface area contributed by atoms with Gasteiger partial charge in [-0.2, -0.15) is 23.5 Å². The first-order valence-corrected chi connectivity index (χ1v) is 5.93. The second-order valence-corrected chi connectivity index (χ2v) is 4.80. The quantitative estimate of drug-likeness (QED) is 0.656. The summed E-state index contributed by atoms with van der Waals surface area (Å²) in [7, 11) is 0. The van der Waals surface area contributed by atoms with E-state index in [-0.39, 0.29) is 11.7 Å². The van der Waals surface area contributed by atoms with Crippen LogP contribution in [0.4, 0.5) is 0 Å². The van der Waals surface area contributed by atoms with Crippen molar-refractivity contribution in [2.45, 2.75) is 18.6 Å². The molecule has 0 rings (SSSR count). The van der Waals surface area contributed by atoms with Crippen LogP contribution < -0.4 is 0 Å². The van der Waals surface area contributed by atoms with Crippen molar-refractivity contribution in [3.63, 3.8) is 0 Å². The van der Waals surface area contributed by atoms with Gasteiger partial charge in [0.2, 0.25) is 0 Å². The molecule has 0 aliphatic carbocycles. The second-order valence-electron chi connectivity index (χ2n) is 2.27. The Morgan fingerprint density at radius 1 is 1.55 bits per heavy atom. The predicted octanol–water partition coefficient (Wildman–Crippen LogP) is 1.95. The van der Waals surface area contributed by atoms with Crippen LogP contribution in [0.3, 0.4) is 0 Å². The van der Waals surface area contributed by atoms with Crippen LogP contribution in [0.1, 0.15) is 13.3 Å². The summed E-state index contributed by atoms with van der Waals surface area (Å²) in [6.07, 6.45) is 2.33. The van der Waals surface area contributed by atoms with Crippen LogP contribution in [0, 0.1) is 0 Å². The minimum absolute atomic E-state index is 0.250. The van der Waals surface area contributed by atoms with Crippen LogP contribution in [-0.4, -0.2) is 34.1 Å². The zero-order chi connectivity index (χ0) is 8.69. The lowest BCUT2D eigenvalue weighted by Crippen LogP contribution is -2.06. The first-order valence-electron chi connectivity index (χ1n) is 3.49. The van der Waals surface area contributed by atoms with Gasteiger partial charge in [-0.1, -0.05) is 6.92 Å². The largest absolute Gasteiger partial charge is 0.481 e. The summed E-state index contributed by atoms with van der Waals surface area (Å²) in [5, 5.41) is 8.67. The molecule has 0 saturated carbocycles. The van der Waals surface area contributed by atoms with Crippen molar-refractivity contribution < 1.29 is 9.90 Å². The monoisotopic (exact) mass is 194 g/mol. The molecule has 4 heteroatoms. The maximum atomic E-state index is 10.2. The minimum Gasteiger partial charge on any atom is -0.481 e. The summed E-state index contributed by atoms with van der Waals surface area (Å²) >= 11 is 3.52. The van der Waals surface area contributed by atoms with Crippen molar-refractivity contribution in [3.8, 4) is 0 Å². The van der Waals surface area contributed by atoms with Gasteiger partial charge in [0, 0.05) is 16.8 Å². The number of carbonyl (C=O) groups is 1. The fourth-order valence-corrected chi connectivity index (χ4v) is 2.35. The van der Waals surface area contributed by atoms with Gasteiger partial charge >= 0.3 is 5.97 Å². The van der Waals surface area contributed by atoms with E-state index in [2.05, 4.69) is 6.26 Å². The Hall–Kier alpha value is 0.170. The number of aliphatic carboxylic acids is 1. The van der Waals surface area contributed by atoms with Crippen molar-refractivity contribution >= 4 is 29.5 Å². The van der Waals surface area contributed by atoms with Crippen LogP contribution in [0.5, 0.6) is 0 Å². The topological polar surface area (TPSA) is 37.3 Å². The molecule has 0 aromatic heterocycles. The lowest BCUT2D eigenvalue weighted by Gasteiger charge is -2.06. The second kappa shape index (κ2) is 6.85. The molecule has 2 nitrogen and oxygen atoms in total. The van der Waals surface area contributed by atoms with E-state index in [1.165, 1.54) is 0 Å². The first-order chi connectivity index (χ1) is 5.16. The van der Waals surface area contributed by atoms with Crippen LogP contribution in [0.15, 0.2) is 0 Å². The number of rotatable bonds is 6. The van der Waals surface area contributed by atoms with Gasteiger partial charge in [0.1, 0.15) is 0 Å². The van der Waals surface area contributed by atoms with E-state index >= 15 is 0 Å². The highest BCUT2D eigenvalue weighted by atomic mass is 32.2. The van der Waals surface area contributed by atoms with Gasteiger partial charge in [-0.15, -0.1) is 0 Å². The average molecular weight is 194 g/mol. The summed E-state index contributed by atoms with van der Waals surface area (Å²) in [5.74, 6) is 1.46. The lowest BCUT2D eigenvalue weighted by atomic mass is 10.3. The van der Waals surface area contributed by atoms with Gasteiger partial charge in [0.15, 0.2) is 0 Å². The van der Waals surface area contributed by atoms with E-state index in [1.807, 2.05) is 6.92 Å². The van der Waals surface area contributed by atoms with Crippen molar-refractivity contribution in [3.05, 3.63) is 0 Å². The molecule has 0 aliphatic heterocycles. The Balaban J connectivity index is 3.22. The third-order valence-corrected chi connectivity index (χ3v) is 3.20. The van der Waals surface area contributed by atoms with E-state index in [1.54, 1.807) is 23.5 Å². The third kappa shape index (κ3) is 8.07. The van der Waals surface area contributed by atoms with E-state index in [4.69, 9.17) is 5.11 Å². The maximum absolute atomic E-state index is 10.2. The zero-order valence-electron chi connectivity index (χ0n) is 6.87. The van der Waals surface area contributed by atoms with Gasteiger partial charge in [-0.25, -0.2) is 0 Å². The van der Waals surface area contributed by atoms with Gasteiger partial charge in [-0.05, 0) is 6.26 Å². The Bertz CT molecular complexity index is 117. The Labute approximate surface area is 76.1 Å². The molecule has 0 aromatic carbocycles. The SMILES string of the molecule is CSCCSC(C)CC(=O)O. The molecule has 0 bridgehead atoms. The van der Waals surface area contributed by atoms with Gasteiger partial charge < -0.3 is 5.11 Å². The van der Waals surface area contributed by atoms with Crippen molar-refractivity contribution in [1.82, 2.24) is 0 Å². The number of carboxylic acids is 1. The summed E-state index contributed by atoms with van der Waals surface area (Å²) in [4.78, 5) is 10.2. The van der Waals surface area contributed by atoms with Crippen molar-refractivity contribution in [2.75, 3.05) is 17.8 Å². The smallest absolute Gasteiger partial charge is 0.304 e. The Morgan fingerprint density at radius 3 is 2.64 bits per heavy atom. The van der Waals surface area contributed by atoms with Gasteiger partial charge in [0.05, 0.1) is 6.42 Å². The van der Waals surface area contributed by atoms with Crippen molar-refractivity contribution in [2.24, 2.45) is 0 Å². The number of hydrogen-bond donors (Lipinski definition) is 1. The van der Waals surface area contributed by atoms with E-state index in [9.17, 15) is 4.79 Å². The van der Waals surface area contributed by atoms with Crippen LogP contribution in [0.2, 0.25) is 0 Å². The Kier molecular flexibility index (Phi) is 6.96. The summed E-state index contributed by atoms with van der Waals surface area (Å²) in [6, 6.07) is 0. The molecule has 0 fully saturated rings. The van der Waals surface area contributed by atoms with Gasteiger partial charge in [-0.3, -0.25) is 4.79 Å². The van der Waals surface area contributed by atoms with Crippen LogP contribution in [-0.2, 0) is 4.79 Å². The summed E-state index contributed by atoms with van der Waals surface area (Å²) in [5.41, 5.74) is 0. The number of carboxylic acid groups (broad SMARTS) is 1. The highest BCUT2D eigenvalue weighted by Crippen LogP contribution is 2.14. The standard InChI is InChI=1S/C7H14O2S2/c1-6(5-7(8)9)11-4-3-10-2/h6H,3-5H2,1-2H3,(H,8,9). The maximum Gasteiger partial charge on any atom is 0.304 e. The highest BCUT2D eigenvalue weighted by molar-refractivity contribution is 8.02. The molecule has 0 aromatic rings. The molecule has 1 atom stereocenters. The Morgan fingerprint density at radius 2 is 2.18 bits per heavy atom. The van der Waals surface area contributed by atoms with E-state index in [0.717, 1.165) is 11.5 Å². The predicted molar refractivity (Wildman–Crippen MR) is 52.6 cm³/mol. The molecule has 0 aliphatic rings. The fourth-order valence-electron chi connectivity index (χ4n) is 0.637. The molecule has 1 unspecified atom stereocenters. The molecule has 11 heavy (non-hydrogen) atoms. The molecule has 0 radical (unpaired) electrons. The lowest BCUT2D eigenvalue weighted by molar-refractivity contribution is -0.136. The van der Waals surface area contributed by atoms with E-state index in [0.29, 0.717) is 0 Å². The van der Waals surface area contributed by atoms with Crippen LogP contribution >= 0.6 is 23.5 Å². The molecular formula is C7H14O2S2. The zero-order valence-corrected chi connectivity index (χ0v) is 8.50. The molecule has 0 amide bonds. The normalized spacial score (nSPS) is 12.9. The third-order valence-electron chi connectivity index (χ3n) is 1.15. The molecule has 66 valence electrons. The average Bonchev–Trinajstić information content (AvgIpc) is 1.86. The van der Waals surface area contributed by atoms with Gasteiger partial charge in [0.25, 0.3) is 0 Å². The molecule has 0 saturated heterocycles. The number of thioether (sulfide) groups is 2. The number of hydrogen-bond acceptors (Lipinski definition) is 3. The van der Waals surface area contributed by atoms with Crippen LogP contribution in [0.25, 0.3) is 0 Å². The molecule has 0 heterocycles. The highest BCUT2D eigenvalue weighted by Gasteiger charge is 2.06.